The third-order valence-corrected chi connectivity index (χ3v) is 7.53. The summed E-state index contributed by atoms with van der Waals surface area (Å²) in [5.74, 6) is 0. The Morgan fingerprint density at radius 3 is 1.68 bits per heavy atom. The van der Waals surface area contributed by atoms with E-state index in [4.69, 9.17) is 12.2 Å². The van der Waals surface area contributed by atoms with Crippen LogP contribution in [0, 0.1) is 52.4 Å². The molecule has 0 aliphatic rings. The zero-order valence-electron chi connectivity index (χ0n) is 15.6. The van der Waals surface area contributed by atoms with Gasteiger partial charge in [-0.25, -0.2) is 0 Å². The highest BCUT2D eigenvalue weighted by molar-refractivity contribution is 7.73. The van der Waals surface area contributed by atoms with Crippen LogP contribution in [0.5, 0.6) is 0 Å². The summed E-state index contributed by atoms with van der Waals surface area (Å²) in [4.78, 5) is 14.9. The average molecular weight is 391 g/mol. The molecule has 0 aliphatic carbocycles. The molecule has 0 aliphatic heterocycles. The number of benzene rings is 1. The molecule has 0 amide bonds. The lowest BCUT2D eigenvalue weighted by atomic mass is 9.99. The predicted octanol–water partition coefficient (Wildman–Crippen LogP) is 5.64. The molecule has 0 N–H and O–H groups in total. The van der Waals surface area contributed by atoms with Crippen LogP contribution in [0.3, 0.4) is 0 Å². The van der Waals surface area contributed by atoms with Gasteiger partial charge >= 0.3 is 4.87 Å². The fourth-order valence-corrected chi connectivity index (χ4v) is 5.39. The Labute approximate surface area is 161 Å². The van der Waals surface area contributed by atoms with Crippen molar-refractivity contribution in [2.75, 3.05) is 0 Å². The molecule has 0 atom stereocenters. The lowest BCUT2D eigenvalue weighted by Gasteiger charge is -2.19. The summed E-state index contributed by atoms with van der Waals surface area (Å²) in [6, 6.07) is 2.12. The number of thiazole rings is 2. The lowest BCUT2D eigenvalue weighted by Crippen LogP contribution is -2.15. The Morgan fingerprint density at radius 2 is 1.24 bits per heavy atom. The summed E-state index contributed by atoms with van der Waals surface area (Å²) in [6.07, 6.45) is 0. The number of rotatable bonds is 2. The molecule has 0 fully saturated rings. The topological polar surface area (TPSA) is 26.9 Å². The quantitative estimate of drug-likeness (QED) is 0.530. The van der Waals surface area contributed by atoms with Crippen molar-refractivity contribution in [3.8, 4) is 11.4 Å². The standard InChI is InChI=1S/C19H22N2OS3/c1-9-10(2)16(20-12(4)14(6)24-18(20)22)8-17(11(9)3)21-13(5)15(7)25-19(21)23/h8H,1-7H3. The van der Waals surface area contributed by atoms with Crippen LogP contribution in [0.4, 0.5) is 0 Å². The third-order valence-electron chi connectivity index (χ3n) is 5.18. The summed E-state index contributed by atoms with van der Waals surface area (Å²) in [5, 5.41) is 0. The lowest BCUT2D eigenvalue weighted by molar-refractivity contribution is 0.929. The van der Waals surface area contributed by atoms with E-state index in [-0.39, 0.29) is 4.87 Å². The van der Waals surface area contributed by atoms with E-state index >= 15 is 0 Å². The molecule has 0 saturated heterocycles. The fraction of sp³-hybridized carbons (Fsp3) is 0.368. The number of nitrogens with zero attached hydrogens (tertiary/aromatic N) is 2. The van der Waals surface area contributed by atoms with Crippen molar-refractivity contribution in [3.05, 3.63) is 57.5 Å². The van der Waals surface area contributed by atoms with Crippen LogP contribution in [-0.4, -0.2) is 9.13 Å². The molecular weight excluding hydrogens is 368 g/mol. The Kier molecular flexibility index (Phi) is 4.64. The van der Waals surface area contributed by atoms with Gasteiger partial charge < -0.3 is 0 Å². The molecular formula is C19H22N2OS3. The first-order valence-corrected chi connectivity index (χ1v) is 10.2. The van der Waals surface area contributed by atoms with E-state index in [2.05, 4.69) is 45.3 Å². The highest BCUT2D eigenvalue weighted by Gasteiger charge is 2.18. The van der Waals surface area contributed by atoms with Gasteiger partial charge in [-0.05, 0) is 83.4 Å². The van der Waals surface area contributed by atoms with Gasteiger partial charge in [0.15, 0.2) is 3.95 Å². The number of aryl methyl sites for hydroxylation is 2. The minimum Gasteiger partial charge on any atom is -0.296 e. The third kappa shape index (κ3) is 2.76. The highest BCUT2D eigenvalue weighted by atomic mass is 32.1. The molecule has 132 valence electrons. The molecule has 6 heteroatoms. The van der Waals surface area contributed by atoms with E-state index in [0.29, 0.717) is 0 Å². The van der Waals surface area contributed by atoms with Gasteiger partial charge in [0.1, 0.15) is 0 Å². The van der Waals surface area contributed by atoms with E-state index in [1.807, 2.05) is 18.4 Å². The fourth-order valence-electron chi connectivity index (χ4n) is 3.12. The second-order valence-corrected chi connectivity index (χ2v) is 9.49. The zero-order valence-corrected chi connectivity index (χ0v) is 18.1. The van der Waals surface area contributed by atoms with Gasteiger partial charge in [0.2, 0.25) is 0 Å². The molecule has 2 heterocycles. The summed E-state index contributed by atoms with van der Waals surface area (Å²) < 4.78 is 4.82. The monoisotopic (exact) mass is 390 g/mol. The summed E-state index contributed by atoms with van der Waals surface area (Å²) in [7, 11) is 0. The minimum absolute atomic E-state index is 0.0640. The van der Waals surface area contributed by atoms with E-state index in [1.54, 1.807) is 11.3 Å². The molecule has 0 radical (unpaired) electrons. The van der Waals surface area contributed by atoms with Crippen LogP contribution in [0.25, 0.3) is 11.4 Å². The average Bonchev–Trinajstić information content (AvgIpc) is 2.94. The minimum atomic E-state index is 0.0640. The highest BCUT2D eigenvalue weighted by Crippen LogP contribution is 2.31. The van der Waals surface area contributed by atoms with Crippen molar-refractivity contribution >= 4 is 34.9 Å². The van der Waals surface area contributed by atoms with Gasteiger partial charge in [-0.1, -0.05) is 11.3 Å². The van der Waals surface area contributed by atoms with E-state index in [0.717, 1.165) is 37.2 Å². The molecule has 1 aromatic carbocycles. The van der Waals surface area contributed by atoms with Crippen LogP contribution in [-0.2, 0) is 0 Å². The number of hydrogen-bond donors (Lipinski definition) is 0. The van der Waals surface area contributed by atoms with Gasteiger partial charge in [0, 0.05) is 21.1 Å². The van der Waals surface area contributed by atoms with Crippen LogP contribution in [0.15, 0.2) is 10.9 Å². The molecule has 3 nitrogen and oxygen atoms in total. The van der Waals surface area contributed by atoms with Gasteiger partial charge in [0.25, 0.3) is 0 Å². The van der Waals surface area contributed by atoms with Crippen LogP contribution in [0.1, 0.15) is 37.8 Å². The van der Waals surface area contributed by atoms with E-state index in [1.165, 1.54) is 27.3 Å². The second-order valence-electron chi connectivity index (χ2n) is 6.48. The molecule has 25 heavy (non-hydrogen) atoms. The molecule has 2 aromatic heterocycles. The normalized spacial score (nSPS) is 11.3. The van der Waals surface area contributed by atoms with E-state index in [9.17, 15) is 4.79 Å². The van der Waals surface area contributed by atoms with Crippen LogP contribution >= 0.6 is 34.9 Å². The van der Waals surface area contributed by atoms with Gasteiger partial charge in [-0.3, -0.25) is 13.9 Å². The van der Waals surface area contributed by atoms with Crippen LogP contribution < -0.4 is 4.87 Å². The van der Waals surface area contributed by atoms with Crippen molar-refractivity contribution in [2.45, 2.75) is 48.5 Å². The first-order valence-electron chi connectivity index (χ1n) is 8.14. The summed E-state index contributed by atoms with van der Waals surface area (Å²) in [6.45, 7) is 14.5. The molecule has 3 rings (SSSR count). The molecule has 0 unspecified atom stereocenters. The molecule has 3 aromatic rings. The molecule has 0 saturated carbocycles. The number of hydrogen-bond acceptors (Lipinski definition) is 4. The maximum Gasteiger partial charge on any atom is 0.312 e. The first-order chi connectivity index (χ1) is 11.6. The van der Waals surface area contributed by atoms with Gasteiger partial charge in [-0.2, -0.15) is 0 Å². The SMILES string of the molecule is Cc1sc(=O)n(-c2cc(-n3c(C)c(C)sc3=S)c(C)c(C)c2C)c1C. The van der Waals surface area contributed by atoms with E-state index < -0.39 is 0 Å². The smallest absolute Gasteiger partial charge is 0.296 e. The first kappa shape index (κ1) is 18.3. The maximum atomic E-state index is 12.6. The van der Waals surface area contributed by atoms with Crippen molar-refractivity contribution in [1.29, 1.82) is 0 Å². The molecule has 0 bridgehead atoms. The Balaban J connectivity index is 2.43. The maximum absolute atomic E-state index is 12.6. The van der Waals surface area contributed by atoms with Gasteiger partial charge in [-0.15, -0.1) is 11.3 Å². The molecule has 0 spiro atoms. The number of aromatic nitrogens is 2. The Morgan fingerprint density at radius 1 is 0.760 bits per heavy atom. The predicted molar refractivity (Wildman–Crippen MR) is 111 cm³/mol. The Hall–Kier alpha value is -1.50. The summed E-state index contributed by atoms with van der Waals surface area (Å²) in [5.41, 5.74) is 7.74. The van der Waals surface area contributed by atoms with Crippen molar-refractivity contribution in [1.82, 2.24) is 9.13 Å². The second kappa shape index (κ2) is 6.34. The zero-order chi connectivity index (χ0) is 18.6. The van der Waals surface area contributed by atoms with Crippen molar-refractivity contribution < 1.29 is 0 Å². The van der Waals surface area contributed by atoms with Crippen molar-refractivity contribution in [3.63, 3.8) is 0 Å². The summed E-state index contributed by atoms with van der Waals surface area (Å²) >= 11 is 8.55. The Bertz CT molecular complexity index is 1020. The van der Waals surface area contributed by atoms with Crippen LogP contribution in [0.2, 0.25) is 0 Å². The van der Waals surface area contributed by atoms with Crippen molar-refractivity contribution in [2.24, 2.45) is 0 Å². The van der Waals surface area contributed by atoms with Gasteiger partial charge in [0.05, 0.1) is 11.4 Å². The largest absolute Gasteiger partial charge is 0.312 e.